The average molecular weight is 262 g/mol. The first-order chi connectivity index (χ1) is 8.79. The SMILES string of the molecule is Cc1ccc(-c2nc(CSCCCN)co2)cc1. The second-order valence-corrected chi connectivity index (χ2v) is 5.31. The fourth-order valence-corrected chi connectivity index (χ4v) is 2.42. The van der Waals surface area contributed by atoms with Gasteiger partial charge in [-0.2, -0.15) is 11.8 Å². The molecule has 1 aromatic heterocycles. The maximum Gasteiger partial charge on any atom is 0.226 e. The molecule has 0 atom stereocenters. The number of nitrogens with two attached hydrogens (primary N) is 1. The van der Waals surface area contributed by atoms with Gasteiger partial charge < -0.3 is 10.2 Å². The number of rotatable bonds is 6. The van der Waals surface area contributed by atoms with E-state index in [0.717, 1.165) is 35.7 Å². The topological polar surface area (TPSA) is 52.0 Å². The van der Waals surface area contributed by atoms with E-state index >= 15 is 0 Å². The van der Waals surface area contributed by atoms with Crippen LogP contribution in [0.1, 0.15) is 17.7 Å². The van der Waals surface area contributed by atoms with Crippen molar-refractivity contribution in [3.05, 3.63) is 41.8 Å². The van der Waals surface area contributed by atoms with Crippen molar-refractivity contribution in [1.29, 1.82) is 0 Å². The van der Waals surface area contributed by atoms with Crippen molar-refractivity contribution < 1.29 is 4.42 Å². The molecule has 1 aromatic carbocycles. The molecule has 96 valence electrons. The summed E-state index contributed by atoms with van der Waals surface area (Å²) in [5, 5.41) is 0. The minimum atomic E-state index is 0.699. The fourth-order valence-electron chi connectivity index (χ4n) is 1.56. The lowest BCUT2D eigenvalue weighted by atomic mass is 10.1. The molecule has 0 unspecified atom stereocenters. The van der Waals surface area contributed by atoms with Crippen LogP contribution < -0.4 is 5.73 Å². The zero-order chi connectivity index (χ0) is 12.8. The molecule has 0 aliphatic rings. The molecule has 0 bridgehead atoms. The minimum absolute atomic E-state index is 0.699. The van der Waals surface area contributed by atoms with Crippen molar-refractivity contribution >= 4 is 11.8 Å². The molecule has 2 aromatic rings. The molecule has 0 spiro atoms. The molecule has 2 rings (SSSR count). The number of benzene rings is 1. The van der Waals surface area contributed by atoms with E-state index in [1.165, 1.54) is 5.56 Å². The highest BCUT2D eigenvalue weighted by Gasteiger charge is 2.06. The molecule has 0 amide bonds. The molecule has 4 heteroatoms. The van der Waals surface area contributed by atoms with Gasteiger partial charge in [-0.05, 0) is 37.8 Å². The number of oxazole rings is 1. The fraction of sp³-hybridized carbons (Fsp3) is 0.357. The Labute approximate surface area is 112 Å². The van der Waals surface area contributed by atoms with Crippen LogP contribution in [0.4, 0.5) is 0 Å². The molecule has 0 saturated heterocycles. The van der Waals surface area contributed by atoms with Crippen molar-refractivity contribution in [3.8, 4) is 11.5 Å². The summed E-state index contributed by atoms with van der Waals surface area (Å²) >= 11 is 1.84. The van der Waals surface area contributed by atoms with E-state index in [4.69, 9.17) is 10.2 Å². The Balaban J connectivity index is 1.95. The maximum absolute atomic E-state index is 5.50. The van der Waals surface area contributed by atoms with Gasteiger partial charge in [0.2, 0.25) is 5.89 Å². The molecular weight excluding hydrogens is 244 g/mol. The second kappa shape index (κ2) is 6.61. The number of aromatic nitrogens is 1. The quantitative estimate of drug-likeness (QED) is 0.812. The van der Waals surface area contributed by atoms with Gasteiger partial charge in [0.1, 0.15) is 6.26 Å². The first-order valence-electron chi connectivity index (χ1n) is 6.09. The van der Waals surface area contributed by atoms with E-state index in [9.17, 15) is 0 Å². The van der Waals surface area contributed by atoms with E-state index in [1.54, 1.807) is 6.26 Å². The van der Waals surface area contributed by atoms with Gasteiger partial charge in [-0.1, -0.05) is 17.7 Å². The third-order valence-electron chi connectivity index (χ3n) is 2.59. The predicted octanol–water partition coefficient (Wildman–Crippen LogP) is 3.23. The highest BCUT2D eigenvalue weighted by Crippen LogP contribution is 2.21. The first-order valence-corrected chi connectivity index (χ1v) is 7.24. The molecule has 0 aliphatic carbocycles. The summed E-state index contributed by atoms with van der Waals surface area (Å²) in [7, 11) is 0. The van der Waals surface area contributed by atoms with Crippen LogP contribution in [0.2, 0.25) is 0 Å². The Hall–Kier alpha value is -1.26. The highest BCUT2D eigenvalue weighted by atomic mass is 32.2. The number of aryl methyl sites for hydroxylation is 1. The third-order valence-corrected chi connectivity index (χ3v) is 3.67. The number of nitrogens with zero attached hydrogens (tertiary/aromatic N) is 1. The molecular formula is C14H18N2OS. The Morgan fingerprint density at radius 3 is 2.78 bits per heavy atom. The normalized spacial score (nSPS) is 10.8. The van der Waals surface area contributed by atoms with Crippen molar-refractivity contribution in [2.45, 2.75) is 19.1 Å². The number of hydrogen-bond donors (Lipinski definition) is 1. The van der Waals surface area contributed by atoms with Gasteiger partial charge in [-0.15, -0.1) is 0 Å². The highest BCUT2D eigenvalue weighted by molar-refractivity contribution is 7.98. The van der Waals surface area contributed by atoms with Crippen molar-refractivity contribution in [1.82, 2.24) is 4.98 Å². The van der Waals surface area contributed by atoms with Crippen LogP contribution in [0.5, 0.6) is 0 Å². The Kier molecular flexibility index (Phi) is 4.84. The van der Waals surface area contributed by atoms with Gasteiger partial charge in [0.05, 0.1) is 5.69 Å². The molecule has 3 nitrogen and oxygen atoms in total. The van der Waals surface area contributed by atoms with E-state index < -0.39 is 0 Å². The van der Waals surface area contributed by atoms with Crippen LogP contribution in [0.25, 0.3) is 11.5 Å². The minimum Gasteiger partial charge on any atom is -0.444 e. The largest absolute Gasteiger partial charge is 0.444 e. The summed E-state index contributed by atoms with van der Waals surface area (Å²) in [5.74, 6) is 2.66. The predicted molar refractivity (Wildman–Crippen MR) is 76.5 cm³/mol. The van der Waals surface area contributed by atoms with Gasteiger partial charge in [-0.3, -0.25) is 0 Å². The summed E-state index contributed by atoms with van der Waals surface area (Å²) in [4.78, 5) is 4.49. The van der Waals surface area contributed by atoms with Gasteiger partial charge in [-0.25, -0.2) is 4.98 Å². The monoisotopic (exact) mass is 262 g/mol. The van der Waals surface area contributed by atoms with Gasteiger partial charge >= 0.3 is 0 Å². The number of thioether (sulfide) groups is 1. The Morgan fingerprint density at radius 2 is 2.06 bits per heavy atom. The average Bonchev–Trinajstić information content (AvgIpc) is 2.84. The van der Waals surface area contributed by atoms with Crippen LogP contribution in [0.3, 0.4) is 0 Å². The van der Waals surface area contributed by atoms with Crippen LogP contribution >= 0.6 is 11.8 Å². The van der Waals surface area contributed by atoms with Crippen molar-refractivity contribution in [3.63, 3.8) is 0 Å². The molecule has 0 aliphatic heterocycles. The maximum atomic E-state index is 5.50. The lowest BCUT2D eigenvalue weighted by Crippen LogP contribution is -1.99. The van der Waals surface area contributed by atoms with Crippen molar-refractivity contribution in [2.75, 3.05) is 12.3 Å². The van der Waals surface area contributed by atoms with Crippen LogP contribution in [0.15, 0.2) is 34.9 Å². The molecule has 1 heterocycles. The van der Waals surface area contributed by atoms with Gasteiger partial charge in [0.25, 0.3) is 0 Å². The second-order valence-electron chi connectivity index (χ2n) is 4.20. The third kappa shape index (κ3) is 3.62. The van der Waals surface area contributed by atoms with E-state index in [2.05, 4.69) is 24.0 Å². The zero-order valence-corrected chi connectivity index (χ0v) is 11.4. The molecule has 0 radical (unpaired) electrons. The summed E-state index contributed by atoms with van der Waals surface area (Å²) < 4.78 is 5.50. The summed E-state index contributed by atoms with van der Waals surface area (Å²) in [5.41, 5.74) is 8.71. The van der Waals surface area contributed by atoms with Crippen LogP contribution in [-0.2, 0) is 5.75 Å². The van der Waals surface area contributed by atoms with Gasteiger partial charge in [0.15, 0.2) is 0 Å². The Bertz CT molecular complexity index is 479. The van der Waals surface area contributed by atoms with E-state index in [1.807, 2.05) is 23.9 Å². The summed E-state index contributed by atoms with van der Waals surface area (Å²) in [6, 6.07) is 8.20. The van der Waals surface area contributed by atoms with Crippen molar-refractivity contribution in [2.24, 2.45) is 5.73 Å². The Morgan fingerprint density at radius 1 is 1.28 bits per heavy atom. The lowest BCUT2D eigenvalue weighted by Gasteiger charge is -1.96. The number of hydrogen-bond acceptors (Lipinski definition) is 4. The molecule has 0 saturated carbocycles. The molecule has 0 fully saturated rings. The lowest BCUT2D eigenvalue weighted by molar-refractivity contribution is 0.573. The van der Waals surface area contributed by atoms with E-state index in [-0.39, 0.29) is 0 Å². The summed E-state index contributed by atoms with van der Waals surface area (Å²) in [6.07, 6.45) is 2.79. The summed E-state index contributed by atoms with van der Waals surface area (Å²) in [6.45, 7) is 2.82. The van der Waals surface area contributed by atoms with Crippen LogP contribution in [0, 0.1) is 6.92 Å². The van der Waals surface area contributed by atoms with Gasteiger partial charge in [0, 0.05) is 11.3 Å². The zero-order valence-electron chi connectivity index (χ0n) is 10.6. The first kappa shape index (κ1) is 13.2. The smallest absolute Gasteiger partial charge is 0.226 e. The standard InChI is InChI=1S/C14H18N2OS/c1-11-3-5-12(6-4-11)14-16-13(9-17-14)10-18-8-2-7-15/h3-6,9H,2,7-8,10,15H2,1H3. The molecule has 18 heavy (non-hydrogen) atoms. The van der Waals surface area contributed by atoms with E-state index in [0.29, 0.717) is 5.89 Å². The van der Waals surface area contributed by atoms with Crippen LogP contribution in [-0.4, -0.2) is 17.3 Å². The molecule has 2 N–H and O–H groups in total.